The number of ether oxygens (including phenoxy) is 1. The maximum Gasteiger partial charge on any atom is 0.410 e. The van der Waals surface area contributed by atoms with Gasteiger partial charge in [-0.15, -0.1) is 0 Å². The van der Waals surface area contributed by atoms with Crippen molar-refractivity contribution in [1.29, 1.82) is 0 Å². The van der Waals surface area contributed by atoms with E-state index in [-0.39, 0.29) is 29.5 Å². The summed E-state index contributed by atoms with van der Waals surface area (Å²) in [6.45, 7) is 16.8. The fourth-order valence-corrected chi connectivity index (χ4v) is 5.59. The van der Waals surface area contributed by atoms with Gasteiger partial charge in [-0.25, -0.2) is 4.79 Å². The molecule has 1 saturated carbocycles. The van der Waals surface area contributed by atoms with E-state index >= 15 is 0 Å². The van der Waals surface area contributed by atoms with Gasteiger partial charge in [0, 0.05) is 62.4 Å². The molecule has 1 aromatic heterocycles. The van der Waals surface area contributed by atoms with E-state index in [0.29, 0.717) is 6.04 Å². The van der Waals surface area contributed by atoms with Crippen LogP contribution in [0, 0.1) is 12.3 Å². The van der Waals surface area contributed by atoms with Gasteiger partial charge in [0.05, 0.1) is 6.04 Å². The molecule has 0 bridgehead atoms. The summed E-state index contributed by atoms with van der Waals surface area (Å²) in [5.74, 6) is 1.14. The first-order valence-electron chi connectivity index (χ1n) is 11.5. The summed E-state index contributed by atoms with van der Waals surface area (Å²) in [4.78, 5) is 30.1. The second-order valence-corrected chi connectivity index (χ2v) is 11.0. The van der Waals surface area contributed by atoms with E-state index in [1.54, 1.807) is 6.92 Å². The van der Waals surface area contributed by atoms with Gasteiger partial charge in [0.2, 0.25) is 5.91 Å². The Morgan fingerprint density at radius 2 is 1.68 bits per heavy atom. The Bertz CT molecular complexity index is 847. The largest absolute Gasteiger partial charge is 0.444 e. The van der Waals surface area contributed by atoms with Crippen molar-refractivity contribution >= 4 is 17.8 Å². The Morgan fingerprint density at radius 1 is 1.10 bits per heavy atom. The molecule has 172 valence electrons. The number of amides is 2. The molecule has 3 heterocycles. The van der Waals surface area contributed by atoms with Crippen LogP contribution in [0.5, 0.6) is 0 Å². The van der Waals surface area contributed by atoms with Crippen molar-refractivity contribution in [3.8, 4) is 0 Å². The lowest BCUT2D eigenvalue weighted by Gasteiger charge is -2.58. The number of likely N-dealkylation sites (tertiary alicyclic amines) is 1. The first-order valence-corrected chi connectivity index (χ1v) is 11.5. The Hall–Kier alpha value is -2.25. The van der Waals surface area contributed by atoms with Crippen LogP contribution in [0.15, 0.2) is 6.07 Å². The summed E-state index contributed by atoms with van der Waals surface area (Å²) < 4.78 is 7.66. The predicted molar refractivity (Wildman–Crippen MR) is 119 cm³/mol. The van der Waals surface area contributed by atoms with Crippen LogP contribution >= 0.6 is 0 Å². The zero-order valence-corrected chi connectivity index (χ0v) is 20.0. The molecule has 3 fully saturated rings. The fraction of sp³-hybridized carbons (Fsp3) is 0.783. The van der Waals surface area contributed by atoms with Crippen LogP contribution in [-0.2, 0) is 9.53 Å². The number of carbonyl (C=O) groups excluding carboxylic acids is 2. The maximum atomic E-state index is 12.2. The average molecular weight is 432 g/mol. The van der Waals surface area contributed by atoms with Gasteiger partial charge in [0.1, 0.15) is 5.60 Å². The van der Waals surface area contributed by atoms with E-state index in [9.17, 15) is 9.59 Å². The number of anilines is 1. The summed E-state index contributed by atoms with van der Waals surface area (Å²) in [6, 6.07) is 3.03. The molecule has 1 spiro atoms. The summed E-state index contributed by atoms with van der Waals surface area (Å²) in [5.41, 5.74) is 0.953. The monoisotopic (exact) mass is 431 g/mol. The molecule has 0 radical (unpaired) electrons. The van der Waals surface area contributed by atoms with Gasteiger partial charge in [-0.3, -0.25) is 9.48 Å². The van der Waals surface area contributed by atoms with Gasteiger partial charge >= 0.3 is 6.09 Å². The molecule has 0 aromatic carbocycles. The third kappa shape index (κ3) is 4.13. The van der Waals surface area contributed by atoms with Crippen molar-refractivity contribution in [2.75, 3.05) is 31.1 Å². The quantitative estimate of drug-likeness (QED) is 0.719. The van der Waals surface area contributed by atoms with Gasteiger partial charge in [-0.1, -0.05) is 0 Å². The molecule has 1 aromatic rings. The van der Waals surface area contributed by atoms with Crippen molar-refractivity contribution in [2.24, 2.45) is 5.41 Å². The molecule has 2 amide bonds. The molecule has 31 heavy (non-hydrogen) atoms. The van der Waals surface area contributed by atoms with E-state index in [4.69, 9.17) is 9.84 Å². The Morgan fingerprint density at radius 3 is 2.19 bits per heavy atom. The van der Waals surface area contributed by atoms with Crippen molar-refractivity contribution in [3.05, 3.63) is 11.8 Å². The molecule has 2 saturated heterocycles. The van der Waals surface area contributed by atoms with Crippen molar-refractivity contribution in [3.63, 3.8) is 0 Å². The molecular weight excluding hydrogens is 394 g/mol. The number of rotatable bonds is 2. The molecule has 2 aliphatic heterocycles. The number of aromatic nitrogens is 2. The van der Waals surface area contributed by atoms with Crippen LogP contribution in [0.2, 0.25) is 0 Å². The molecule has 4 rings (SSSR count). The fourth-order valence-electron chi connectivity index (χ4n) is 5.59. The molecular formula is C23H37N5O3. The highest BCUT2D eigenvalue weighted by Gasteiger charge is 2.55. The van der Waals surface area contributed by atoms with Crippen LogP contribution in [0.25, 0.3) is 0 Å². The van der Waals surface area contributed by atoms with Gasteiger partial charge < -0.3 is 19.4 Å². The topological polar surface area (TPSA) is 70.9 Å². The number of hydrogen-bond donors (Lipinski definition) is 0. The third-order valence-electron chi connectivity index (χ3n) is 6.93. The highest BCUT2D eigenvalue weighted by atomic mass is 16.6. The van der Waals surface area contributed by atoms with Crippen LogP contribution in [0.3, 0.4) is 0 Å². The van der Waals surface area contributed by atoms with Crippen molar-refractivity contribution in [2.45, 2.75) is 85.0 Å². The van der Waals surface area contributed by atoms with Crippen LogP contribution < -0.4 is 4.90 Å². The van der Waals surface area contributed by atoms with E-state index in [2.05, 4.69) is 36.4 Å². The van der Waals surface area contributed by atoms with Gasteiger partial charge in [-0.05, 0) is 54.4 Å². The zero-order chi connectivity index (χ0) is 22.7. The maximum absolute atomic E-state index is 12.2. The van der Waals surface area contributed by atoms with Crippen LogP contribution in [0.1, 0.15) is 66.1 Å². The standard InChI is InChI=1S/C23H37N5O3/c1-15-8-20(27-16(2)11-25(18(4)29)12-17(27)3)24-28(15)19-9-23(10-19)13-26(14-23)21(30)31-22(5,6)7/h8,16-17,19H,9-14H2,1-7H3. The van der Waals surface area contributed by atoms with E-state index < -0.39 is 5.60 Å². The number of aryl methyl sites for hydroxylation is 1. The average Bonchev–Trinajstić information content (AvgIpc) is 2.91. The minimum absolute atomic E-state index is 0.140. The number of carbonyl (C=O) groups is 2. The number of piperazine rings is 1. The van der Waals surface area contributed by atoms with Crippen molar-refractivity contribution < 1.29 is 14.3 Å². The smallest absolute Gasteiger partial charge is 0.410 e. The summed E-state index contributed by atoms with van der Waals surface area (Å²) in [5, 5.41) is 4.99. The van der Waals surface area contributed by atoms with E-state index in [0.717, 1.165) is 44.8 Å². The Labute approximate surface area is 185 Å². The lowest BCUT2D eigenvalue weighted by atomic mass is 9.61. The summed E-state index contributed by atoms with van der Waals surface area (Å²) in [7, 11) is 0. The summed E-state index contributed by atoms with van der Waals surface area (Å²) in [6.07, 6.45) is 1.90. The van der Waals surface area contributed by atoms with Crippen molar-refractivity contribution in [1.82, 2.24) is 19.6 Å². The third-order valence-corrected chi connectivity index (χ3v) is 6.93. The lowest BCUT2D eigenvalue weighted by molar-refractivity contribution is -0.130. The molecule has 8 nitrogen and oxygen atoms in total. The minimum Gasteiger partial charge on any atom is -0.444 e. The minimum atomic E-state index is -0.450. The lowest BCUT2D eigenvalue weighted by Crippen LogP contribution is -2.64. The normalized spacial score (nSPS) is 26.0. The SMILES string of the molecule is CC(=O)N1CC(C)N(c2cc(C)n(C3CC4(C3)CN(C(=O)OC(C)(C)C)C4)n2)C(C)C1. The highest BCUT2D eigenvalue weighted by molar-refractivity contribution is 5.73. The first kappa shape index (κ1) is 22.0. The summed E-state index contributed by atoms with van der Waals surface area (Å²) >= 11 is 0. The van der Waals surface area contributed by atoms with Gasteiger partial charge in [-0.2, -0.15) is 5.10 Å². The molecule has 8 heteroatoms. The predicted octanol–water partition coefficient (Wildman–Crippen LogP) is 3.21. The Kier molecular flexibility index (Phi) is 5.25. The second-order valence-electron chi connectivity index (χ2n) is 11.0. The molecule has 0 N–H and O–H groups in total. The van der Waals surface area contributed by atoms with Gasteiger partial charge in [0.25, 0.3) is 0 Å². The highest BCUT2D eigenvalue weighted by Crippen LogP contribution is 2.54. The molecule has 2 atom stereocenters. The Balaban J connectivity index is 1.36. The molecule has 2 unspecified atom stereocenters. The van der Waals surface area contributed by atoms with E-state index in [1.165, 1.54) is 5.69 Å². The van der Waals surface area contributed by atoms with Gasteiger partial charge in [0.15, 0.2) is 5.82 Å². The zero-order valence-electron chi connectivity index (χ0n) is 20.0. The van der Waals surface area contributed by atoms with E-state index in [1.807, 2.05) is 30.6 Å². The molecule has 3 aliphatic rings. The number of hydrogen-bond acceptors (Lipinski definition) is 5. The van der Waals surface area contributed by atoms with Crippen LogP contribution in [-0.4, -0.2) is 75.4 Å². The second kappa shape index (κ2) is 7.41. The molecule has 1 aliphatic carbocycles. The number of nitrogens with zero attached hydrogens (tertiary/aromatic N) is 5. The first-order chi connectivity index (χ1) is 14.4. The van der Waals surface area contributed by atoms with Crippen LogP contribution in [0.4, 0.5) is 10.6 Å².